The highest BCUT2D eigenvalue weighted by molar-refractivity contribution is 5.94. The molecule has 1 N–H and O–H groups in total. The summed E-state index contributed by atoms with van der Waals surface area (Å²) in [5, 5.41) is 0. The molecule has 0 atom stereocenters. The Labute approximate surface area is 105 Å². The minimum Gasteiger partial charge on any atom is -0.465 e. The minimum atomic E-state index is -0.467. The molecular formula is C12H16N2O4. The van der Waals surface area contributed by atoms with Crippen molar-refractivity contribution in [3.8, 4) is 0 Å². The maximum Gasteiger partial charge on any atom is 0.325 e. The number of esters is 1. The Morgan fingerprint density at radius 3 is 2.61 bits per heavy atom. The number of H-pyrrole nitrogens is 1. The van der Waals surface area contributed by atoms with Gasteiger partial charge in [-0.15, -0.1) is 0 Å². The molecule has 0 aliphatic heterocycles. The van der Waals surface area contributed by atoms with E-state index in [2.05, 4.69) is 4.98 Å². The third kappa shape index (κ3) is 3.73. The molecule has 1 aromatic rings. The molecule has 0 aliphatic rings. The van der Waals surface area contributed by atoms with Crippen LogP contribution < -0.4 is 5.56 Å². The van der Waals surface area contributed by atoms with Crippen molar-refractivity contribution < 1.29 is 14.3 Å². The molecule has 6 nitrogen and oxygen atoms in total. The monoisotopic (exact) mass is 252 g/mol. The van der Waals surface area contributed by atoms with Gasteiger partial charge in [-0.3, -0.25) is 14.4 Å². The van der Waals surface area contributed by atoms with Gasteiger partial charge in [0.1, 0.15) is 12.2 Å². The normalized spacial score (nSPS) is 9.89. The fraction of sp³-hybridized carbons (Fsp3) is 0.417. The summed E-state index contributed by atoms with van der Waals surface area (Å²) in [6.07, 6.45) is 0. The number of rotatable bonds is 5. The fourth-order valence-electron chi connectivity index (χ4n) is 1.43. The van der Waals surface area contributed by atoms with Gasteiger partial charge in [-0.05, 0) is 19.9 Å². The van der Waals surface area contributed by atoms with E-state index >= 15 is 0 Å². The molecule has 6 heteroatoms. The molecule has 1 amide bonds. The second-order valence-electron chi connectivity index (χ2n) is 3.55. The molecule has 1 rings (SSSR count). The van der Waals surface area contributed by atoms with E-state index in [4.69, 9.17) is 4.74 Å². The van der Waals surface area contributed by atoms with Gasteiger partial charge >= 0.3 is 5.97 Å². The van der Waals surface area contributed by atoms with Crippen LogP contribution in [0.1, 0.15) is 24.3 Å². The first kappa shape index (κ1) is 14.0. The Balaban J connectivity index is 2.79. The lowest BCUT2D eigenvalue weighted by Crippen LogP contribution is -2.37. The molecule has 0 aromatic carbocycles. The van der Waals surface area contributed by atoms with Crippen molar-refractivity contribution in [2.75, 3.05) is 19.7 Å². The largest absolute Gasteiger partial charge is 0.465 e. The Kier molecular flexibility index (Phi) is 5.10. The van der Waals surface area contributed by atoms with E-state index in [1.54, 1.807) is 13.8 Å². The number of aromatic nitrogens is 1. The molecule has 0 bridgehead atoms. The lowest BCUT2D eigenvalue weighted by Gasteiger charge is -2.19. The maximum absolute atomic E-state index is 12.0. The van der Waals surface area contributed by atoms with E-state index < -0.39 is 11.9 Å². The van der Waals surface area contributed by atoms with Crippen LogP contribution in [-0.2, 0) is 9.53 Å². The van der Waals surface area contributed by atoms with E-state index in [-0.39, 0.29) is 24.4 Å². The van der Waals surface area contributed by atoms with E-state index in [9.17, 15) is 14.4 Å². The van der Waals surface area contributed by atoms with Crippen LogP contribution in [-0.4, -0.2) is 41.5 Å². The van der Waals surface area contributed by atoms with Crippen LogP contribution in [0.25, 0.3) is 0 Å². The van der Waals surface area contributed by atoms with Gasteiger partial charge in [-0.2, -0.15) is 0 Å². The summed E-state index contributed by atoms with van der Waals surface area (Å²) in [4.78, 5) is 38.2. The lowest BCUT2D eigenvalue weighted by atomic mass is 10.3. The van der Waals surface area contributed by atoms with Crippen molar-refractivity contribution >= 4 is 11.9 Å². The SMILES string of the molecule is CCOC(=O)CN(CC)C(=O)c1cccc(=O)[nH]1. The van der Waals surface area contributed by atoms with Gasteiger partial charge in [0, 0.05) is 12.6 Å². The van der Waals surface area contributed by atoms with Crippen molar-refractivity contribution in [2.24, 2.45) is 0 Å². The number of nitrogens with zero attached hydrogens (tertiary/aromatic N) is 1. The Morgan fingerprint density at radius 1 is 1.33 bits per heavy atom. The van der Waals surface area contributed by atoms with E-state index in [1.165, 1.54) is 23.1 Å². The first-order valence-electron chi connectivity index (χ1n) is 5.72. The summed E-state index contributed by atoms with van der Waals surface area (Å²) < 4.78 is 4.78. The highest BCUT2D eigenvalue weighted by Crippen LogP contribution is 2.00. The summed E-state index contributed by atoms with van der Waals surface area (Å²) in [6.45, 7) is 3.95. The molecule has 1 heterocycles. The van der Waals surface area contributed by atoms with Crippen molar-refractivity contribution in [1.82, 2.24) is 9.88 Å². The van der Waals surface area contributed by atoms with Gasteiger partial charge in [0.15, 0.2) is 0 Å². The molecule has 0 aliphatic carbocycles. The molecular weight excluding hydrogens is 236 g/mol. The average molecular weight is 252 g/mol. The molecule has 1 aromatic heterocycles. The zero-order chi connectivity index (χ0) is 13.5. The zero-order valence-corrected chi connectivity index (χ0v) is 10.4. The van der Waals surface area contributed by atoms with Gasteiger partial charge in [-0.1, -0.05) is 6.07 Å². The molecule has 0 saturated heterocycles. The summed E-state index contributed by atoms with van der Waals surface area (Å²) in [7, 11) is 0. The number of nitrogens with one attached hydrogen (secondary N) is 1. The molecule has 98 valence electrons. The number of aromatic amines is 1. The number of ether oxygens (including phenoxy) is 1. The van der Waals surface area contributed by atoms with Crippen molar-refractivity contribution in [2.45, 2.75) is 13.8 Å². The minimum absolute atomic E-state index is 0.125. The summed E-state index contributed by atoms with van der Waals surface area (Å²) in [5.41, 5.74) is -0.193. The van der Waals surface area contributed by atoms with Crippen LogP contribution in [0.3, 0.4) is 0 Å². The average Bonchev–Trinajstić information content (AvgIpc) is 2.35. The number of carbonyl (C=O) groups is 2. The first-order chi connectivity index (χ1) is 8.58. The number of hydrogen-bond acceptors (Lipinski definition) is 4. The van der Waals surface area contributed by atoms with E-state index in [0.29, 0.717) is 6.54 Å². The lowest BCUT2D eigenvalue weighted by molar-refractivity contribution is -0.143. The van der Waals surface area contributed by atoms with Crippen LogP contribution in [0.5, 0.6) is 0 Å². The second kappa shape index (κ2) is 6.58. The Bertz CT molecular complexity index is 481. The van der Waals surface area contributed by atoms with Gasteiger partial charge in [0.25, 0.3) is 5.91 Å². The van der Waals surface area contributed by atoms with Crippen molar-refractivity contribution in [3.63, 3.8) is 0 Å². The standard InChI is InChI=1S/C12H16N2O4/c1-3-14(8-11(16)18-4-2)12(17)9-6-5-7-10(15)13-9/h5-7H,3-4,8H2,1-2H3,(H,13,15). The molecule has 0 fully saturated rings. The number of carbonyl (C=O) groups excluding carboxylic acids is 2. The second-order valence-corrected chi connectivity index (χ2v) is 3.55. The van der Waals surface area contributed by atoms with E-state index in [0.717, 1.165) is 0 Å². The molecule has 0 unspecified atom stereocenters. The van der Waals surface area contributed by atoms with Crippen LogP contribution in [0.4, 0.5) is 0 Å². The summed E-state index contributed by atoms with van der Waals surface area (Å²) in [6, 6.07) is 4.31. The smallest absolute Gasteiger partial charge is 0.325 e. The van der Waals surface area contributed by atoms with Crippen LogP contribution in [0.15, 0.2) is 23.0 Å². The Hall–Kier alpha value is -2.11. The molecule has 0 spiro atoms. The third-order valence-electron chi connectivity index (χ3n) is 2.29. The number of hydrogen-bond donors (Lipinski definition) is 1. The van der Waals surface area contributed by atoms with Crippen LogP contribution in [0.2, 0.25) is 0 Å². The molecule has 18 heavy (non-hydrogen) atoms. The topological polar surface area (TPSA) is 79.5 Å². The number of likely N-dealkylation sites (N-methyl/N-ethyl adjacent to an activating group) is 1. The summed E-state index contributed by atoms with van der Waals surface area (Å²) >= 11 is 0. The Morgan fingerprint density at radius 2 is 2.06 bits per heavy atom. The van der Waals surface area contributed by atoms with Crippen molar-refractivity contribution in [1.29, 1.82) is 0 Å². The highest BCUT2D eigenvalue weighted by Gasteiger charge is 2.18. The van der Waals surface area contributed by atoms with Gasteiger partial charge in [-0.25, -0.2) is 0 Å². The van der Waals surface area contributed by atoms with Gasteiger partial charge in [0.2, 0.25) is 5.56 Å². The number of pyridine rings is 1. The van der Waals surface area contributed by atoms with E-state index in [1.807, 2.05) is 0 Å². The quantitative estimate of drug-likeness (QED) is 0.769. The zero-order valence-electron chi connectivity index (χ0n) is 10.4. The predicted molar refractivity (Wildman–Crippen MR) is 65.3 cm³/mol. The highest BCUT2D eigenvalue weighted by atomic mass is 16.5. The summed E-state index contributed by atoms with van der Waals surface area (Å²) in [5.74, 6) is -0.866. The predicted octanol–water partition coefficient (Wildman–Crippen LogP) is 0.400. The maximum atomic E-state index is 12.0. The number of amides is 1. The van der Waals surface area contributed by atoms with Gasteiger partial charge < -0.3 is 14.6 Å². The molecule has 0 radical (unpaired) electrons. The van der Waals surface area contributed by atoms with Crippen LogP contribution in [0, 0.1) is 0 Å². The van der Waals surface area contributed by atoms with Crippen molar-refractivity contribution in [3.05, 3.63) is 34.2 Å². The first-order valence-corrected chi connectivity index (χ1v) is 5.72. The van der Waals surface area contributed by atoms with Gasteiger partial charge in [0.05, 0.1) is 6.61 Å². The fourth-order valence-corrected chi connectivity index (χ4v) is 1.43. The third-order valence-corrected chi connectivity index (χ3v) is 2.29. The van der Waals surface area contributed by atoms with Crippen LogP contribution >= 0.6 is 0 Å². The molecule has 0 saturated carbocycles.